The van der Waals surface area contributed by atoms with Crippen molar-refractivity contribution in [1.82, 2.24) is 0 Å². The van der Waals surface area contributed by atoms with Crippen molar-refractivity contribution in [3.63, 3.8) is 0 Å². The van der Waals surface area contributed by atoms with Crippen LogP contribution >= 0.6 is 23.5 Å². The summed E-state index contributed by atoms with van der Waals surface area (Å²) in [4.78, 5) is 11.9. The minimum atomic E-state index is -1.08. The van der Waals surface area contributed by atoms with Gasteiger partial charge >= 0.3 is 5.97 Å². The number of benzene rings is 1. The van der Waals surface area contributed by atoms with Gasteiger partial charge < -0.3 is 14.9 Å². The highest BCUT2D eigenvalue weighted by atomic mass is 32.2. The van der Waals surface area contributed by atoms with Crippen LogP contribution in [0.25, 0.3) is 0 Å². The molecule has 0 saturated heterocycles. The molecular weight excluding hydrogens is 344 g/mol. The summed E-state index contributed by atoms with van der Waals surface area (Å²) in [5, 5.41) is 21.2. The Morgan fingerprint density at radius 1 is 1.00 bits per heavy atom. The predicted molar refractivity (Wildman–Crippen MR) is 103 cm³/mol. The summed E-state index contributed by atoms with van der Waals surface area (Å²) in [5.41, 5.74) is 0.433. The average Bonchev–Trinajstić information content (AvgIpc) is 2.51. The highest BCUT2D eigenvalue weighted by Crippen LogP contribution is 2.34. The SMILES string of the molecule is CC(C)SC(CC(O)C(O)COC(=O)c1ccccc1)SC(C)C. The van der Waals surface area contributed by atoms with Crippen molar-refractivity contribution in [3.8, 4) is 0 Å². The molecule has 2 unspecified atom stereocenters. The molecule has 6 heteroatoms. The molecule has 0 aromatic heterocycles. The van der Waals surface area contributed by atoms with Crippen molar-refractivity contribution in [1.29, 1.82) is 0 Å². The van der Waals surface area contributed by atoms with Gasteiger partial charge in [0.15, 0.2) is 0 Å². The van der Waals surface area contributed by atoms with Crippen molar-refractivity contribution < 1.29 is 19.7 Å². The van der Waals surface area contributed by atoms with E-state index in [2.05, 4.69) is 27.7 Å². The van der Waals surface area contributed by atoms with Crippen molar-refractivity contribution in [2.45, 2.75) is 61.4 Å². The van der Waals surface area contributed by atoms with Crippen LogP contribution in [0.2, 0.25) is 0 Å². The fraction of sp³-hybridized carbons (Fsp3) is 0.611. The second-order valence-electron chi connectivity index (χ2n) is 6.13. The Hall–Kier alpha value is -0.690. The van der Waals surface area contributed by atoms with Gasteiger partial charge in [-0.1, -0.05) is 45.9 Å². The molecule has 0 fully saturated rings. The number of hydrogen-bond acceptors (Lipinski definition) is 6. The molecule has 0 heterocycles. The summed E-state index contributed by atoms with van der Waals surface area (Å²) in [6, 6.07) is 8.62. The Labute approximate surface area is 153 Å². The van der Waals surface area contributed by atoms with E-state index in [0.717, 1.165) is 0 Å². The van der Waals surface area contributed by atoms with E-state index in [1.165, 1.54) is 0 Å². The van der Waals surface area contributed by atoms with E-state index < -0.39 is 18.2 Å². The Kier molecular flexibility index (Phi) is 9.81. The summed E-state index contributed by atoms with van der Waals surface area (Å²) in [7, 11) is 0. The molecule has 4 nitrogen and oxygen atoms in total. The number of thioether (sulfide) groups is 2. The van der Waals surface area contributed by atoms with Gasteiger partial charge in [-0.3, -0.25) is 0 Å². The molecule has 2 atom stereocenters. The highest BCUT2D eigenvalue weighted by molar-refractivity contribution is 8.17. The maximum absolute atomic E-state index is 11.9. The van der Waals surface area contributed by atoms with Crippen LogP contribution in [-0.2, 0) is 4.74 Å². The standard InChI is InChI=1S/C18H28O4S2/c1-12(2)23-17(24-13(3)4)10-15(19)16(20)11-22-18(21)14-8-6-5-7-9-14/h5-9,12-13,15-17,19-20H,10-11H2,1-4H3. The first kappa shape index (κ1) is 21.4. The van der Waals surface area contributed by atoms with Gasteiger partial charge in [-0.05, 0) is 18.6 Å². The first-order valence-corrected chi connectivity index (χ1v) is 10.1. The third-order valence-corrected chi connectivity index (χ3v) is 5.87. The lowest BCUT2D eigenvalue weighted by molar-refractivity contribution is -0.0283. The van der Waals surface area contributed by atoms with Crippen LogP contribution in [0.15, 0.2) is 30.3 Å². The van der Waals surface area contributed by atoms with Gasteiger partial charge in [0.1, 0.15) is 12.7 Å². The van der Waals surface area contributed by atoms with Crippen LogP contribution in [0.4, 0.5) is 0 Å². The molecule has 1 aromatic carbocycles. The zero-order chi connectivity index (χ0) is 18.1. The van der Waals surface area contributed by atoms with Gasteiger partial charge in [0, 0.05) is 10.5 Å². The lowest BCUT2D eigenvalue weighted by Crippen LogP contribution is -2.33. The quantitative estimate of drug-likeness (QED) is 0.483. The summed E-state index contributed by atoms with van der Waals surface area (Å²) in [5.74, 6) is -0.494. The monoisotopic (exact) mass is 372 g/mol. The highest BCUT2D eigenvalue weighted by Gasteiger charge is 2.24. The lowest BCUT2D eigenvalue weighted by atomic mass is 10.1. The van der Waals surface area contributed by atoms with Gasteiger partial charge in [0.2, 0.25) is 0 Å². The number of aliphatic hydroxyl groups excluding tert-OH is 2. The maximum atomic E-state index is 11.9. The third kappa shape index (κ3) is 8.42. The zero-order valence-corrected chi connectivity index (χ0v) is 16.3. The summed E-state index contributed by atoms with van der Waals surface area (Å²) < 4.78 is 5.29. The van der Waals surface area contributed by atoms with Gasteiger partial charge in [0.25, 0.3) is 0 Å². The lowest BCUT2D eigenvalue weighted by Gasteiger charge is -2.25. The predicted octanol–water partition coefficient (Wildman–Crippen LogP) is 3.56. The Morgan fingerprint density at radius 2 is 1.54 bits per heavy atom. The fourth-order valence-electron chi connectivity index (χ4n) is 2.03. The topological polar surface area (TPSA) is 66.8 Å². The van der Waals surface area contributed by atoms with Crippen LogP contribution in [0.3, 0.4) is 0 Å². The van der Waals surface area contributed by atoms with Gasteiger partial charge in [-0.15, -0.1) is 23.5 Å². The van der Waals surface area contributed by atoms with E-state index in [4.69, 9.17) is 4.74 Å². The van der Waals surface area contributed by atoms with Crippen molar-refractivity contribution in [2.24, 2.45) is 0 Å². The van der Waals surface area contributed by atoms with Gasteiger partial charge in [-0.25, -0.2) is 4.79 Å². The molecule has 0 aliphatic rings. The molecule has 1 rings (SSSR count). The van der Waals surface area contributed by atoms with Crippen LogP contribution in [0, 0.1) is 0 Å². The third-order valence-electron chi connectivity index (χ3n) is 3.12. The molecular formula is C18H28O4S2. The molecule has 0 spiro atoms. The van der Waals surface area contributed by atoms with Crippen molar-refractivity contribution in [3.05, 3.63) is 35.9 Å². The number of rotatable bonds is 10. The van der Waals surface area contributed by atoms with E-state index in [9.17, 15) is 15.0 Å². The minimum absolute atomic E-state index is 0.194. The van der Waals surface area contributed by atoms with E-state index >= 15 is 0 Å². The molecule has 136 valence electrons. The summed E-state index contributed by atoms with van der Waals surface area (Å²) >= 11 is 3.56. The van der Waals surface area contributed by atoms with Crippen LogP contribution in [0.1, 0.15) is 44.5 Å². The van der Waals surface area contributed by atoms with Crippen molar-refractivity contribution >= 4 is 29.5 Å². The molecule has 0 amide bonds. The van der Waals surface area contributed by atoms with E-state index in [0.29, 0.717) is 22.5 Å². The van der Waals surface area contributed by atoms with Crippen LogP contribution in [0.5, 0.6) is 0 Å². The Morgan fingerprint density at radius 3 is 2.04 bits per heavy atom. The van der Waals surface area contributed by atoms with E-state index in [-0.39, 0.29) is 11.2 Å². The summed E-state index contributed by atoms with van der Waals surface area (Å²) in [6.45, 7) is 8.25. The van der Waals surface area contributed by atoms with Gasteiger partial charge in [0.05, 0.1) is 16.2 Å². The van der Waals surface area contributed by atoms with Crippen molar-refractivity contribution in [2.75, 3.05) is 6.61 Å². The normalized spacial score (nSPS) is 14.2. The fourth-order valence-corrected chi connectivity index (χ4v) is 5.46. The average molecular weight is 373 g/mol. The zero-order valence-electron chi connectivity index (χ0n) is 14.7. The molecule has 1 aromatic rings. The number of ether oxygens (including phenoxy) is 1. The number of carbonyl (C=O) groups excluding carboxylic acids is 1. The second-order valence-corrected chi connectivity index (χ2v) is 10.0. The smallest absolute Gasteiger partial charge is 0.338 e. The molecule has 0 aliphatic heterocycles. The Balaban J connectivity index is 2.47. The van der Waals surface area contributed by atoms with Gasteiger partial charge in [-0.2, -0.15) is 0 Å². The second kappa shape index (κ2) is 11.0. The number of carbonyl (C=O) groups is 1. The summed E-state index contributed by atoms with van der Waals surface area (Å²) in [6.07, 6.45) is -1.55. The Bertz CT molecular complexity index is 469. The van der Waals surface area contributed by atoms with Crippen LogP contribution in [-0.4, -0.2) is 50.1 Å². The number of hydrogen-bond donors (Lipinski definition) is 2. The largest absolute Gasteiger partial charge is 0.459 e. The first-order chi connectivity index (χ1) is 11.3. The minimum Gasteiger partial charge on any atom is -0.459 e. The molecule has 0 aliphatic carbocycles. The molecule has 24 heavy (non-hydrogen) atoms. The molecule has 0 radical (unpaired) electrons. The van der Waals surface area contributed by atoms with E-state index in [1.54, 1.807) is 47.8 Å². The van der Waals surface area contributed by atoms with Crippen LogP contribution < -0.4 is 0 Å². The number of aliphatic hydroxyl groups is 2. The number of esters is 1. The molecule has 2 N–H and O–H groups in total. The molecule has 0 bridgehead atoms. The molecule has 0 saturated carbocycles. The first-order valence-electron chi connectivity index (χ1n) is 8.18. The maximum Gasteiger partial charge on any atom is 0.338 e. The van der Waals surface area contributed by atoms with E-state index in [1.807, 2.05) is 6.07 Å².